The second kappa shape index (κ2) is 8.88. The average molecular weight is 366 g/mol. The molecule has 0 spiro atoms. The maximum Gasteiger partial charge on any atom is 0.115 e. The highest BCUT2D eigenvalue weighted by atomic mass is 35.5. The third-order valence-corrected chi connectivity index (χ3v) is 4.84. The summed E-state index contributed by atoms with van der Waals surface area (Å²) in [6, 6.07) is 26.4. The molecule has 26 heavy (non-hydrogen) atoms. The Labute approximate surface area is 160 Å². The lowest BCUT2D eigenvalue weighted by Crippen LogP contribution is -2.31. The molecule has 0 saturated heterocycles. The number of benzene rings is 3. The first-order valence-corrected chi connectivity index (χ1v) is 9.34. The fraction of sp³-hybridized carbons (Fsp3) is 0.217. The van der Waals surface area contributed by atoms with E-state index < -0.39 is 0 Å². The van der Waals surface area contributed by atoms with E-state index in [1.165, 1.54) is 16.7 Å². The van der Waals surface area contributed by atoms with E-state index in [9.17, 15) is 5.11 Å². The number of aryl methyl sites for hydroxylation is 1. The van der Waals surface area contributed by atoms with E-state index in [1.54, 1.807) is 12.1 Å². The van der Waals surface area contributed by atoms with Crippen LogP contribution in [0.2, 0.25) is 5.02 Å². The zero-order valence-electron chi connectivity index (χ0n) is 14.9. The highest BCUT2D eigenvalue weighted by Gasteiger charge is 2.16. The Hall–Kier alpha value is -2.29. The number of phenols is 1. The van der Waals surface area contributed by atoms with Gasteiger partial charge in [0.05, 0.1) is 6.04 Å². The highest BCUT2D eigenvalue weighted by Crippen LogP contribution is 2.24. The van der Waals surface area contributed by atoms with Crippen molar-refractivity contribution in [1.82, 2.24) is 5.32 Å². The number of phenolic OH excluding ortho intramolecular Hbond substituents is 1. The third-order valence-electron chi connectivity index (χ3n) is 4.59. The molecule has 0 aliphatic heterocycles. The van der Waals surface area contributed by atoms with E-state index in [-0.39, 0.29) is 6.04 Å². The molecule has 2 N–H and O–H groups in total. The monoisotopic (exact) mass is 365 g/mol. The fourth-order valence-corrected chi connectivity index (χ4v) is 3.23. The lowest BCUT2D eigenvalue weighted by molar-refractivity contribution is 0.470. The van der Waals surface area contributed by atoms with Gasteiger partial charge in [-0.2, -0.15) is 0 Å². The molecule has 0 amide bonds. The van der Waals surface area contributed by atoms with Crippen LogP contribution in [0, 0.1) is 0 Å². The molecule has 2 atom stereocenters. The first-order valence-electron chi connectivity index (χ1n) is 8.96. The number of hydrogen-bond donors (Lipinski definition) is 2. The summed E-state index contributed by atoms with van der Waals surface area (Å²) in [5.74, 6) is 0.312. The molecule has 0 aliphatic carbocycles. The van der Waals surface area contributed by atoms with Crippen LogP contribution >= 0.6 is 11.6 Å². The van der Waals surface area contributed by atoms with E-state index >= 15 is 0 Å². The summed E-state index contributed by atoms with van der Waals surface area (Å²) in [7, 11) is 0. The topological polar surface area (TPSA) is 32.3 Å². The summed E-state index contributed by atoms with van der Waals surface area (Å²) in [4.78, 5) is 0. The van der Waals surface area contributed by atoms with Gasteiger partial charge in [0.25, 0.3) is 0 Å². The van der Waals surface area contributed by atoms with Crippen molar-refractivity contribution in [2.75, 3.05) is 0 Å². The van der Waals surface area contributed by atoms with Gasteiger partial charge in [0.1, 0.15) is 5.75 Å². The molecule has 0 radical (unpaired) electrons. The van der Waals surface area contributed by atoms with Crippen molar-refractivity contribution in [1.29, 1.82) is 0 Å². The molecule has 0 bridgehead atoms. The molecular weight excluding hydrogens is 342 g/mol. The number of rotatable bonds is 7. The molecule has 3 rings (SSSR count). The zero-order chi connectivity index (χ0) is 18.4. The lowest BCUT2D eigenvalue weighted by atomic mass is 9.97. The summed E-state index contributed by atoms with van der Waals surface area (Å²) in [5.41, 5.74) is 3.68. The third kappa shape index (κ3) is 5.10. The van der Waals surface area contributed by atoms with Gasteiger partial charge in [-0.05, 0) is 60.7 Å². The van der Waals surface area contributed by atoms with Gasteiger partial charge in [-0.25, -0.2) is 0 Å². The number of hydrogen-bond acceptors (Lipinski definition) is 2. The molecule has 3 aromatic carbocycles. The predicted molar refractivity (Wildman–Crippen MR) is 109 cm³/mol. The molecule has 3 heteroatoms. The first kappa shape index (κ1) is 18.5. The van der Waals surface area contributed by atoms with Crippen LogP contribution in [0.1, 0.15) is 36.1 Å². The normalized spacial score (nSPS) is 13.3. The largest absolute Gasteiger partial charge is 0.508 e. The van der Waals surface area contributed by atoms with E-state index in [1.807, 2.05) is 30.3 Å². The van der Waals surface area contributed by atoms with Gasteiger partial charge in [0, 0.05) is 11.1 Å². The van der Waals surface area contributed by atoms with Crippen molar-refractivity contribution in [2.45, 2.75) is 31.8 Å². The fourth-order valence-electron chi connectivity index (χ4n) is 3.10. The van der Waals surface area contributed by atoms with Crippen LogP contribution in [-0.4, -0.2) is 11.1 Å². The van der Waals surface area contributed by atoms with Crippen molar-refractivity contribution in [2.24, 2.45) is 0 Å². The van der Waals surface area contributed by atoms with Crippen molar-refractivity contribution in [3.63, 3.8) is 0 Å². The van der Waals surface area contributed by atoms with Crippen molar-refractivity contribution in [3.8, 4) is 5.75 Å². The lowest BCUT2D eigenvalue weighted by Gasteiger charge is -2.24. The van der Waals surface area contributed by atoms with Gasteiger partial charge in [-0.3, -0.25) is 0 Å². The van der Waals surface area contributed by atoms with Crippen LogP contribution in [-0.2, 0) is 6.42 Å². The summed E-state index contributed by atoms with van der Waals surface area (Å²) < 4.78 is 0. The van der Waals surface area contributed by atoms with E-state index in [0.29, 0.717) is 11.8 Å². The minimum absolute atomic E-state index is 0.128. The van der Waals surface area contributed by atoms with Crippen LogP contribution in [0.4, 0.5) is 0 Å². The van der Waals surface area contributed by atoms with Crippen LogP contribution in [0.3, 0.4) is 0 Å². The summed E-state index contributed by atoms with van der Waals surface area (Å²) in [6.07, 6.45) is 1.98. The molecule has 0 unspecified atom stereocenters. The maximum atomic E-state index is 9.40. The minimum atomic E-state index is 0.128. The minimum Gasteiger partial charge on any atom is -0.508 e. The van der Waals surface area contributed by atoms with E-state index in [2.05, 4.69) is 48.6 Å². The Morgan fingerprint density at radius 1 is 0.846 bits per heavy atom. The molecule has 2 nitrogen and oxygen atoms in total. The number of halogens is 1. The Morgan fingerprint density at radius 3 is 2.12 bits per heavy atom. The number of nitrogens with one attached hydrogen (secondary N) is 1. The quantitative estimate of drug-likeness (QED) is 0.559. The van der Waals surface area contributed by atoms with Gasteiger partial charge in [0.2, 0.25) is 0 Å². The van der Waals surface area contributed by atoms with Crippen molar-refractivity contribution in [3.05, 3.63) is 101 Å². The molecule has 3 aromatic rings. The van der Waals surface area contributed by atoms with E-state index in [4.69, 9.17) is 11.6 Å². The highest BCUT2D eigenvalue weighted by molar-refractivity contribution is 6.30. The van der Waals surface area contributed by atoms with Crippen LogP contribution in [0.25, 0.3) is 0 Å². The number of aromatic hydroxyl groups is 1. The molecule has 0 saturated carbocycles. The Kier molecular flexibility index (Phi) is 6.32. The van der Waals surface area contributed by atoms with E-state index in [0.717, 1.165) is 17.9 Å². The second-order valence-corrected chi connectivity index (χ2v) is 7.10. The van der Waals surface area contributed by atoms with Gasteiger partial charge < -0.3 is 10.4 Å². The van der Waals surface area contributed by atoms with Gasteiger partial charge in [-0.15, -0.1) is 0 Å². The Balaban J connectivity index is 1.70. The molecule has 0 fully saturated rings. The summed E-state index contributed by atoms with van der Waals surface area (Å²) in [5, 5.41) is 13.9. The van der Waals surface area contributed by atoms with Gasteiger partial charge >= 0.3 is 0 Å². The summed E-state index contributed by atoms with van der Waals surface area (Å²) >= 11 is 6.06. The first-order chi connectivity index (χ1) is 12.6. The van der Waals surface area contributed by atoms with Gasteiger partial charge in [-0.1, -0.05) is 66.2 Å². The molecule has 0 aromatic heterocycles. The molecular formula is C23H24ClNO. The molecule has 0 heterocycles. The van der Waals surface area contributed by atoms with Crippen molar-refractivity contribution < 1.29 is 5.11 Å². The Bertz CT molecular complexity index is 800. The summed E-state index contributed by atoms with van der Waals surface area (Å²) in [6.45, 7) is 2.21. The van der Waals surface area contributed by atoms with Crippen LogP contribution in [0.5, 0.6) is 5.75 Å². The Morgan fingerprint density at radius 2 is 1.46 bits per heavy atom. The average Bonchev–Trinajstić information content (AvgIpc) is 2.67. The molecule has 134 valence electrons. The smallest absolute Gasteiger partial charge is 0.115 e. The van der Waals surface area contributed by atoms with Crippen molar-refractivity contribution >= 4 is 11.6 Å². The van der Waals surface area contributed by atoms with Crippen LogP contribution < -0.4 is 5.32 Å². The van der Waals surface area contributed by atoms with Gasteiger partial charge in [0.15, 0.2) is 0 Å². The maximum absolute atomic E-state index is 9.40. The SMILES string of the molecule is C[C@@H](CCc1ccc(O)cc1)N[C@H](c1ccccc1)c1ccc(Cl)cc1. The predicted octanol–water partition coefficient (Wildman–Crippen LogP) is 5.75. The van der Waals surface area contributed by atoms with Crippen LogP contribution in [0.15, 0.2) is 78.9 Å². The zero-order valence-corrected chi connectivity index (χ0v) is 15.7. The standard InChI is InChI=1S/C23H24ClNO/c1-17(7-8-18-9-15-22(26)16-10-18)25-23(19-5-3-2-4-6-19)20-11-13-21(24)14-12-20/h2-6,9-17,23,25-26H,7-8H2,1H3/t17-,23+/m0/s1. The second-order valence-electron chi connectivity index (χ2n) is 6.67. The molecule has 0 aliphatic rings.